The summed E-state index contributed by atoms with van der Waals surface area (Å²) >= 11 is 9.53. The van der Waals surface area contributed by atoms with E-state index in [0.29, 0.717) is 22.7 Å². The predicted molar refractivity (Wildman–Crippen MR) is 159 cm³/mol. The highest BCUT2D eigenvalue weighted by atomic mass is 35.5. The van der Waals surface area contributed by atoms with Crippen molar-refractivity contribution in [1.29, 1.82) is 0 Å². The highest BCUT2D eigenvalue weighted by molar-refractivity contribution is 6.40. The Bertz CT molecular complexity index is 960. The maximum atomic E-state index is 12.1. The zero-order chi connectivity index (χ0) is 28.5. The quantitative estimate of drug-likeness (QED) is 0.272. The largest absolute Gasteiger partial charge is 0.481 e. The number of likely N-dealkylation sites (tertiary alicyclic amines) is 2. The van der Waals surface area contributed by atoms with E-state index in [0.717, 1.165) is 51.9 Å². The Morgan fingerprint density at radius 3 is 1.66 bits per heavy atom. The number of para-hydroxylation sites is 4. The van der Waals surface area contributed by atoms with Gasteiger partial charge in [0.1, 0.15) is 0 Å². The molecule has 8 N–H and O–H groups in total. The fourth-order valence-corrected chi connectivity index (χ4v) is 4.10. The molecule has 2 fully saturated rings. The summed E-state index contributed by atoms with van der Waals surface area (Å²) in [5.41, 5.74) is 19.2. The number of hydrogen-bond acceptors (Lipinski definition) is 7. The first-order valence-electron chi connectivity index (χ1n) is 12.6. The summed E-state index contributed by atoms with van der Waals surface area (Å²) in [5.74, 6) is -0.617. The lowest BCUT2D eigenvalue weighted by molar-refractivity contribution is -0.143. The minimum Gasteiger partial charge on any atom is -0.481 e. The SMILES string of the molecule is CN1CCC[C@H](C(=O)Nc2ccccc2N)C1.CN1CCC[C@H](C(=O)O)C1.ClCCl.Nc1ccccc1N. The second kappa shape index (κ2) is 18.5. The Morgan fingerprint density at radius 2 is 1.26 bits per heavy atom. The minimum atomic E-state index is -0.647. The van der Waals surface area contributed by atoms with Crippen molar-refractivity contribution in [3.63, 3.8) is 0 Å². The number of carboxylic acids is 1. The first-order valence-corrected chi connectivity index (χ1v) is 13.6. The maximum Gasteiger partial charge on any atom is 0.307 e. The van der Waals surface area contributed by atoms with Crippen LogP contribution in [-0.4, -0.2) is 72.4 Å². The average Bonchev–Trinajstić information content (AvgIpc) is 2.88. The van der Waals surface area contributed by atoms with E-state index >= 15 is 0 Å². The molecule has 0 radical (unpaired) electrons. The third-order valence-electron chi connectivity index (χ3n) is 6.18. The van der Waals surface area contributed by atoms with Gasteiger partial charge in [0.05, 0.1) is 39.9 Å². The van der Waals surface area contributed by atoms with Gasteiger partial charge in [0, 0.05) is 13.1 Å². The van der Waals surface area contributed by atoms with Crippen molar-refractivity contribution in [1.82, 2.24) is 9.80 Å². The number of rotatable bonds is 3. The van der Waals surface area contributed by atoms with Gasteiger partial charge in [-0.1, -0.05) is 24.3 Å². The zero-order valence-corrected chi connectivity index (χ0v) is 23.8. The van der Waals surface area contributed by atoms with Gasteiger partial charge >= 0.3 is 5.97 Å². The number of carboxylic acid groups (broad SMARTS) is 1. The molecule has 38 heavy (non-hydrogen) atoms. The van der Waals surface area contributed by atoms with Gasteiger partial charge in [0.15, 0.2) is 0 Å². The predicted octanol–water partition coefficient (Wildman–Crippen LogP) is 4.23. The summed E-state index contributed by atoms with van der Waals surface area (Å²) in [7, 11) is 4.02. The number of hydrogen-bond donors (Lipinski definition) is 5. The van der Waals surface area contributed by atoms with E-state index in [-0.39, 0.29) is 23.1 Å². The van der Waals surface area contributed by atoms with E-state index in [1.54, 1.807) is 18.2 Å². The molecule has 11 heteroatoms. The third-order valence-corrected chi connectivity index (χ3v) is 6.18. The van der Waals surface area contributed by atoms with Crippen molar-refractivity contribution in [3.05, 3.63) is 48.5 Å². The summed E-state index contributed by atoms with van der Waals surface area (Å²) in [5, 5.41) is 11.7. The number of halogens is 2. The number of nitrogens with two attached hydrogens (primary N) is 3. The summed E-state index contributed by atoms with van der Waals surface area (Å²) in [4.78, 5) is 26.8. The molecule has 2 atom stereocenters. The van der Waals surface area contributed by atoms with Gasteiger partial charge < -0.3 is 37.4 Å². The molecule has 0 spiro atoms. The van der Waals surface area contributed by atoms with Crippen LogP contribution in [0.15, 0.2) is 48.5 Å². The first kappa shape index (κ1) is 33.3. The van der Waals surface area contributed by atoms with Gasteiger partial charge in [-0.15, -0.1) is 23.2 Å². The second-order valence-electron chi connectivity index (χ2n) is 9.35. The van der Waals surface area contributed by atoms with Gasteiger partial charge in [0.25, 0.3) is 0 Å². The minimum absolute atomic E-state index is 0.0772. The maximum absolute atomic E-state index is 12.1. The lowest BCUT2D eigenvalue weighted by Gasteiger charge is -2.28. The Balaban J connectivity index is 0.000000292. The fourth-order valence-electron chi connectivity index (χ4n) is 4.10. The van der Waals surface area contributed by atoms with E-state index in [2.05, 4.69) is 22.2 Å². The van der Waals surface area contributed by atoms with Crippen LogP contribution in [-0.2, 0) is 9.59 Å². The number of nitrogens with zero attached hydrogens (tertiary/aromatic N) is 2. The van der Waals surface area contributed by atoms with Crippen LogP contribution in [0.5, 0.6) is 0 Å². The number of piperidine rings is 2. The number of carbonyl (C=O) groups is 2. The molecular weight excluding hydrogens is 527 g/mol. The number of anilines is 4. The Hall–Kier alpha value is -2.72. The number of carbonyl (C=O) groups excluding carboxylic acids is 1. The van der Waals surface area contributed by atoms with E-state index in [9.17, 15) is 9.59 Å². The molecule has 1 amide bonds. The van der Waals surface area contributed by atoms with Gasteiger partial charge in [0.2, 0.25) is 5.91 Å². The van der Waals surface area contributed by atoms with Crippen molar-refractivity contribution < 1.29 is 14.7 Å². The molecule has 0 aromatic heterocycles. The van der Waals surface area contributed by atoms with Crippen molar-refractivity contribution in [2.45, 2.75) is 25.7 Å². The average molecular weight is 570 g/mol. The molecule has 2 heterocycles. The summed E-state index contributed by atoms with van der Waals surface area (Å²) in [6.45, 7) is 3.68. The third kappa shape index (κ3) is 13.2. The van der Waals surface area contributed by atoms with Crippen molar-refractivity contribution in [2.75, 3.05) is 68.1 Å². The number of alkyl halides is 2. The normalized spacial score (nSPS) is 19.3. The van der Waals surface area contributed by atoms with Crippen LogP contribution in [0.1, 0.15) is 25.7 Å². The molecule has 0 saturated carbocycles. The van der Waals surface area contributed by atoms with Gasteiger partial charge in [-0.3, -0.25) is 9.59 Å². The van der Waals surface area contributed by atoms with Crippen molar-refractivity contribution in [3.8, 4) is 0 Å². The molecule has 2 aliphatic heterocycles. The summed E-state index contributed by atoms with van der Waals surface area (Å²) < 4.78 is 0. The lowest BCUT2D eigenvalue weighted by atomic mass is 9.97. The number of amides is 1. The van der Waals surface area contributed by atoms with Crippen molar-refractivity contribution >= 4 is 57.8 Å². The molecule has 2 aromatic carbocycles. The topological polar surface area (TPSA) is 151 Å². The molecule has 2 aliphatic rings. The van der Waals surface area contributed by atoms with Crippen molar-refractivity contribution in [2.24, 2.45) is 11.8 Å². The molecule has 4 rings (SSSR count). The number of nitrogen functional groups attached to an aromatic ring is 3. The van der Waals surface area contributed by atoms with Crippen LogP contribution in [0.2, 0.25) is 0 Å². The van der Waals surface area contributed by atoms with Crippen LogP contribution in [0.4, 0.5) is 22.7 Å². The first-order chi connectivity index (χ1) is 18.1. The molecule has 0 aliphatic carbocycles. The monoisotopic (exact) mass is 568 g/mol. The molecule has 0 bridgehead atoms. The summed E-state index contributed by atoms with van der Waals surface area (Å²) in [6, 6.07) is 14.6. The Kier molecular flexibility index (Phi) is 16.2. The van der Waals surface area contributed by atoms with Gasteiger partial charge in [-0.05, 0) is 77.1 Å². The van der Waals surface area contributed by atoms with Crippen LogP contribution >= 0.6 is 23.2 Å². The number of nitrogens with one attached hydrogen (secondary N) is 1. The highest BCUT2D eigenvalue weighted by Crippen LogP contribution is 2.21. The Morgan fingerprint density at radius 1 is 0.842 bits per heavy atom. The molecule has 2 aromatic rings. The van der Waals surface area contributed by atoms with E-state index in [1.165, 1.54) is 0 Å². The fraction of sp³-hybridized carbons (Fsp3) is 0.481. The van der Waals surface area contributed by atoms with Gasteiger partial charge in [-0.2, -0.15) is 0 Å². The molecule has 2 saturated heterocycles. The van der Waals surface area contributed by atoms with Crippen LogP contribution in [0.25, 0.3) is 0 Å². The van der Waals surface area contributed by atoms with Gasteiger partial charge in [-0.25, -0.2) is 0 Å². The van der Waals surface area contributed by atoms with Crippen LogP contribution in [0.3, 0.4) is 0 Å². The highest BCUT2D eigenvalue weighted by Gasteiger charge is 2.24. The van der Waals surface area contributed by atoms with E-state index < -0.39 is 5.97 Å². The molecule has 9 nitrogen and oxygen atoms in total. The standard InChI is InChI=1S/C13H19N3O.C7H13NO2.C6H8N2.CH2Cl2/c1-16-8-4-5-10(9-16)13(17)15-12-7-3-2-6-11(12)14;1-8-4-2-3-6(5-8)7(9)10;7-5-3-1-2-4-6(5)8;2-1-3/h2-3,6-7,10H,4-5,8-9,14H2,1H3,(H,15,17);6H,2-5H2,1H3,(H,9,10);1-4H,7-8H2;1H2/t10-;6-;;/m00../s1. The summed E-state index contributed by atoms with van der Waals surface area (Å²) in [6.07, 6.45) is 3.91. The molecule has 0 unspecified atom stereocenters. The van der Waals surface area contributed by atoms with E-state index in [4.69, 9.17) is 45.5 Å². The molecular formula is C27H42Cl2N6O3. The second-order valence-corrected chi connectivity index (χ2v) is 10.2. The van der Waals surface area contributed by atoms with Crippen LogP contribution < -0.4 is 22.5 Å². The van der Waals surface area contributed by atoms with E-state index in [1.807, 2.05) is 37.4 Å². The Labute approximate surface area is 236 Å². The number of aliphatic carboxylic acids is 1. The zero-order valence-electron chi connectivity index (χ0n) is 22.3. The van der Waals surface area contributed by atoms with Crippen LogP contribution in [0, 0.1) is 11.8 Å². The smallest absolute Gasteiger partial charge is 0.307 e. The number of benzene rings is 2. The molecule has 212 valence electrons. The lowest BCUT2D eigenvalue weighted by Crippen LogP contribution is -2.38.